The predicted octanol–water partition coefficient (Wildman–Crippen LogP) is 12.9. The second-order valence-electron chi connectivity index (χ2n) is 13.4. The molecule has 1 aliphatic carbocycles. The van der Waals surface area contributed by atoms with E-state index in [0.29, 0.717) is 23.7 Å². The molecule has 5 unspecified atom stereocenters. The van der Waals surface area contributed by atoms with Gasteiger partial charge in [-0.15, -0.1) is 0 Å². The highest BCUT2D eigenvalue weighted by Gasteiger charge is 2.38. The number of allylic oxidation sites excluding steroid dienone is 13. The maximum atomic E-state index is 4.58. The van der Waals surface area contributed by atoms with Crippen LogP contribution in [-0.4, -0.2) is 0 Å². The van der Waals surface area contributed by atoms with Gasteiger partial charge in [0.25, 0.3) is 0 Å². The van der Waals surface area contributed by atoms with Gasteiger partial charge in [0.05, 0.1) is 0 Å². The molecule has 0 aromatic heterocycles. The van der Waals surface area contributed by atoms with Gasteiger partial charge in [-0.25, -0.2) is 0 Å². The fraction of sp³-hybridized carbons (Fsp3) is 0.364. The van der Waals surface area contributed by atoms with Gasteiger partial charge in [-0.05, 0) is 90.4 Å². The molecule has 0 saturated heterocycles. The first kappa shape index (κ1) is 34.8. The molecule has 3 rings (SSSR count). The lowest BCUT2D eigenvalue weighted by Gasteiger charge is -2.42. The highest BCUT2D eigenvalue weighted by atomic mass is 14.4. The van der Waals surface area contributed by atoms with Crippen molar-refractivity contribution in [1.29, 1.82) is 0 Å². The lowest BCUT2D eigenvalue weighted by Crippen LogP contribution is -2.32. The molecule has 0 nitrogen and oxygen atoms in total. The molecule has 0 bridgehead atoms. The van der Waals surface area contributed by atoms with Crippen molar-refractivity contribution >= 4 is 0 Å². The fourth-order valence-corrected chi connectivity index (χ4v) is 7.20. The summed E-state index contributed by atoms with van der Waals surface area (Å²) in [6.45, 7) is 24.6. The van der Waals surface area contributed by atoms with Crippen molar-refractivity contribution in [2.24, 2.45) is 23.2 Å². The Morgan fingerprint density at radius 3 is 2.11 bits per heavy atom. The summed E-state index contributed by atoms with van der Waals surface area (Å²) in [5, 5.41) is 0. The van der Waals surface area contributed by atoms with E-state index in [2.05, 4.69) is 158 Å². The van der Waals surface area contributed by atoms with E-state index >= 15 is 0 Å². The van der Waals surface area contributed by atoms with Crippen molar-refractivity contribution in [3.8, 4) is 0 Å². The summed E-state index contributed by atoms with van der Waals surface area (Å²) < 4.78 is 0. The van der Waals surface area contributed by atoms with Crippen molar-refractivity contribution in [3.05, 3.63) is 169 Å². The van der Waals surface area contributed by atoms with Crippen LogP contribution in [0, 0.1) is 23.2 Å². The zero-order valence-electron chi connectivity index (χ0n) is 28.1. The Morgan fingerprint density at radius 1 is 0.886 bits per heavy atom. The molecular formula is C44H56. The van der Waals surface area contributed by atoms with Gasteiger partial charge in [0.15, 0.2) is 0 Å². The van der Waals surface area contributed by atoms with Crippen molar-refractivity contribution in [2.75, 3.05) is 0 Å². The largest absolute Gasteiger partial charge is 0.0991 e. The Hall–Kier alpha value is -3.64. The topological polar surface area (TPSA) is 0 Å². The first-order chi connectivity index (χ1) is 21.2. The standard InChI is InChI=1S/C44H56/c1-9-12-24-34(4)42(39-29-20-15-21-30-39)33-44(7,8)43(40(22-10-2)23-11-3)32-41(38-27-18-14-19-28-38)36(6)31-35(5)37-25-16-13-17-26-37/h9-20,22-29,35-36,41-43H,1-2,4,21,30-33H2,3,5-8H3/b23-11-,24-12-,40-22+. The molecule has 0 spiro atoms. The average Bonchev–Trinajstić information content (AvgIpc) is 3.04. The van der Waals surface area contributed by atoms with Gasteiger partial charge in [-0.2, -0.15) is 0 Å². The first-order valence-corrected chi connectivity index (χ1v) is 16.6. The summed E-state index contributed by atoms with van der Waals surface area (Å²) in [5.74, 6) is 2.04. The molecule has 0 heteroatoms. The van der Waals surface area contributed by atoms with Crippen LogP contribution < -0.4 is 0 Å². The number of hydrogen-bond donors (Lipinski definition) is 0. The van der Waals surface area contributed by atoms with Crippen molar-refractivity contribution in [3.63, 3.8) is 0 Å². The van der Waals surface area contributed by atoms with E-state index in [1.807, 2.05) is 18.2 Å². The molecule has 1 aliphatic rings. The normalized spacial score (nSPS) is 17.6. The monoisotopic (exact) mass is 584 g/mol. The summed E-state index contributed by atoms with van der Waals surface area (Å²) in [7, 11) is 0. The van der Waals surface area contributed by atoms with E-state index < -0.39 is 0 Å². The van der Waals surface area contributed by atoms with Crippen LogP contribution in [0.3, 0.4) is 0 Å². The summed E-state index contributed by atoms with van der Waals surface area (Å²) in [6, 6.07) is 22.2. The van der Waals surface area contributed by atoms with Gasteiger partial charge >= 0.3 is 0 Å². The maximum absolute atomic E-state index is 4.58. The Kier molecular flexibility index (Phi) is 13.9. The minimum atomic E-state index is -0.0101. The zero-order valence-corrected chi connectivity index (χ0v) is 28.1. The number of hydrogen-bond acceptors (Lipinski definition) is 0. The molecule has 2 aromatic rings. The summed E-state index contributed by atoms with van der Waals surface area (Å²) >= 11 is 0. The van der Waals surface area contributed by atoms with E-state index in [9.17, 15) is 0 Å². The number of rotatable bonds is 17. The lowest BCUT2D eigenvalue weighted by atomic mass is 9.62. The van der Waals surface area contributed by atoms with E-state index in [1.165, 1.54) is 27.8 Å². The smallest absolute Gasteiger partial charge is 0.00508 e. The van der Waals surface area contributed by atoms with Crippen molar-refractivity contribution in [1.82, 2.24) is 0 Å². The van der Waals surface area contributed by atoms with Crippen LogP contribution in [0.1, 0.15) is 89.7 Å². The van der Waals surface area contributed by atoms with Crippen LogP contribution in [-0.2, 0) is 0 Å². The summed E-state index contributed by atoms with van der Waals surface area (Å²) in [6.07, 6.45) is 27.0. The molecule has 2 aromatic carbocycles. The lowest BCUT2D eigenvalue weighted by molar-refractivity contribution is 0.178. The molecule has 0 N–H and O–H groups in total. The minimum absolute atomic E-state index is 0.0101. The molecule has 0 amide bonds. The molecule has 5 atom stereocenters. The van der Waals surface area contributed by atoms with E-state index in [1.54, 1.807) is 0 Å². The van der Waals surface area contributed by atoms with Gasteiger partial charge in [-0.3, -0.25) is 0 Å². The molecule has 44 heavy (non-hydrogen) atoms. The van der Waals surface area contributed by atoms with Gasteiger partial charge in [0.1, 0.15) is 0 Å². The third-order valence-electron chi connectivity index (χ3n) is 9.63. The molecule has 0 heterocycles. The molecule has 0 radical (unpaired) electrons. The van der Waals surface area contributed by atoms with Crippen LogP contribution in [0.25, 0.3) is 0 Å². The highest BCUT2D eigenvalue weighted by Crippen LogP contribution is 2.49. The van der Waals surface area contributed by atoms with Gasteiger partial charge in [-0.1, -0.05) is 174 Å². The predicted molar refractivity (Wildman–Crippen MR) is 196 cm³/mol. The molecular weight excluding hydrogens is 528 g/mol. The second-order valence-corrected chi connectivity index (χ2v) is 13.4. The fourth-order valence-electron chi connectivity index (χ4n) is 7.20. The van der Waals surface area contributed by atoms with E-state index in [-0.39, 0.29) is 11.3 Å². The zero-order chi connectivity index (χ0) is 32.0. The van der Waals surface area contributed by atoms with Crippen molar-refractivity contribution in [2.45, 2.75) is 78.6 Å². The third kappa shape index (κ3) is 9.95. The van der Waals surface area contributed by atoms with Crippen LogP contribution in [0.4, 0.5) is 0 Å². The Morgan fingerprint density at radius 2 is 1.55 bits per heavy atom. The van der Waals surface area contributed by atoms with Gasteiger partial charge in [0, 0.05) is 5.92 Å². The second kappa shape index (κ2) is 17.6. The Bertz CT molecular complexity index is 1340. The van der Waals surface area contributed by atoms with Gasteiger partial charge < -0.3 is 0 Å². The molecule has 232 valence electrons. The average molecular weight is 585 g/mol. The van der Waals surface area contributed by atoms with Crippen LogP contribution >= 0.6 is 0 Å². The van der Waals surface area contributed by atoms with E-state index in [4.69, 9.17) is 0 Å². The maximum Gasteiger partial charge on any atom is 0.00508 e. The van der Waals surface area contributed by atoms with E-state index in [0.717, 1.165) is 32.1 Å². The molecule has 0 aliphatic heterocycles. The SMILES string of the molecule is C=C/C=C\C(=C)C(CC(C)(C)C(CC(c1ccccc1)C(C)CC(C)c1ccccc1)C(/C=C\C)=C/C=C)C1=CC=CCC1. The van der Waals surface area contributed by atoms with Gasteiger partial charge in [0.2, 0.25) is 0 Å². The quantitative estimate of drug-likeness (QED) is 0.162. The minimum Gasteiger partial charge on any atom is -0.0991 e. The third-order valence-corrected chi connectivity index (χ3v) is 9.63. The van der Waals surface area contributed by atoms with Crippen LogP contribution in [0.15, 0.2) is 158 Å². The molecule has 0 saturated carbocycles. The highest BCUT2D eigenvalue weighted by molar-refractivity contribution is 5.35. The van der Waals surface area contributed by atoms with Crippen LogP contribution in [0.2, 0.25) is 0 Å². The summed E-state index contributed by atoms with van der Waals surface area (Å²) in [4.78, 5) is 0. The first-order valence-electron chi connectivity index (χ1n) is 16.6. The van der Waals surface area contributed by atoms with Crippen LogP contribution in [0.5, 0.6) is 0 Å². The number of benzene rings is 2. The Labute approximate surface area is 270 Å². The van der Waals surface area contributed by atoms with Crippen molar-refractivity contribution < 1.29 is 0 Å². The Balaban J connectivity index is 2.06. The summed E-state index contributed by atoms with van der Waals surface area (Å²) in [5.41, 5.74) is 6.87. The molecule has 0 fully saturated rings.